The molecule has 1 unspecified atom stereocenters. The van der Waals surface area contributed by atoms with Crippen molar-refractivity contribution >= 4 is 5.97 Å². The molecule has 104 valence electrons. The molecule has 0 spiro atoms. The molecule has 4 nitrogen and oxygen atoms in total. The van der Waals surface area contributed by atoms with E-state index in [1.807, 2.05) is 30.3 Å². The molecule has 1 aliphatic rings. The van der Waals surface area contributed by atoms with Crippen LogP contribution in [-0.4, -0.2) is 33.3 Å². The zero-order valence-electron chi connectivity index (χ0n) is 11.5. The average molecular weight is 263 g/mol. The molecule has 1 fully saturated rings. The van der Waals surface area contributed by atoms with Gasteiger partial charge in [0.05, 0.1) is 13.7 Å². The van der Waals surface area contributed by atoms with Gasteiger partial charge in [-0.3, -0.25) is 5.32 Å². The van der Waals surface area contributed by atoms with Gasteiger partial charge in [-0.05, 0) is 30.9 Å². The molecule has 1 saturated carbocycles. The molecule has 0 heterocycles. The molecule has 0 radical (unpaired) electrons. The predicted octanol–water partition coefficient (Wildman–Crippen LogP) is 1.70. The number of rotatable bonds is 7. The van der Waals surface area contributed by atoms with Gasteiger partial charge in [-0.15, -0.1) is 0 Å². The molecular weight excluding hydrogens is 242 g/mol. The number of esters is 1. The smallest absolute Gasteiger partial charge is 0.333 e. The summed E-state index contributed by atoms with van der Waals surface area (Å²) in [7, 11) is 3.01. The van der Waals surface area contributed by atoms with E-state index in [0.717, 1.165) is 12.1 Å². The first kappa shape index (κ1) is 14.0. The van der Waals surface area contributed by atoms with E-state index in [1.165, 1.54) is 20.0 Å². The van der Waals surface area contributed by atoms with Crippen LogP contribution in [0.5, 0.6) is 0 Å². The van der Waals surface area contributed by atoms with E-state index in [1.54, 1.807) is 7.11 Å². The Labute approximate surface area is 114 Å². The van der Waals surface area contributed by atoms with Crippen LogP contribution in [0.25, 0.3) is 0 Å². The van der Waals surface area contributed by atoms with Gasteiger partial charge in [0.15, 0.2) is 5.54 Å². The first-order valence-corrected chi connectivity index (χ1v) is 6.61. The maximum absolute atomic E-state index is 12.3. The van der Waals surface area contributed by atoms with E-state index >= 15 is 0 Å². The molecule has 1 aliphatic carbocycles. The first-order chi connectivity index (χ1) is 9.23. The van der Waals surface area contributed by atoms with E-state index in [0.29, 0.717) is 5.92 Å². The molecule has 1 atom stereocenters. The van der Waals surface area contributed by atoms with Crippen LogP contribution in [0.15, 0.2) is 30.3 Å². The monoisotopic (exact) mass is 263 g/mol. The van der Waals surface area contributed by atoms with E-state index in [9.17, 15) is 4.79 Å². The Kier molecular flexibility index (Phi) is 4.56. The van der Waals surface area contributed by atoms with Gasteiger partial charge in [-0.2, -0.15) is 0 Å². The van der Waals surface area contributed by atoms with Crippen LogP contribution in [0.3, 0.4) is 0 Å². The standard InChI is InChI=1S/C15H21NO3/c1-18-11-15(14(17)19-2,16-10-12-8-9-12)13-6-4-3-5-7-13/h3-7,12,16H,8-11H2,1-2H3. The zero-order valence-corrected chi connectivity index (χ0v) is 11.5. The molecule has 0 amide bonds. The highest BCUT2D eigenvalue weighted by Gasteiger charge is 2.42. The number of nitrogens with one attached hydrogen (secondary N) is 1. The average Bonchev–Trinajstić information content (AvgIpc) is 3.28. The van der Waals surface area contributed by atoms with Crippen molar-refractivity contribution in [3.63, 3.8) is 0 Å². The fraction of sp³-hybridized carbons (Fsp3) is 0.533. The summed E-state index contributed by atoms with van der Waals surface area (Å²) in [6.07, 6.45) is 2.46. The number of hydrogen-bond donors (Lipinski definition) is 1. The fourth-order valence-corrected chi connectivity index (χ4v) is 2.24. The van der Waals surface area contributed by atoms with Gasteiger partial charge in [-0.25, -0.2) is 4.79 Å². The maximum Gasteiger partial charge on any atom is 0.333 e. The lowest BCUT2D eigenvalue weighted by Crippen LogP contribution is -2.53. The third kappa shape index (κ3) is 3.14. The van der Waals surface area contributed by atoms with Crippen molar-refractivity contribution in [2.45, 2.75) is 18.4 Å². The van der Waals surface area contributed by atoms with E-state index in [4.69, 9.17) is 9.47 Å². The molecular formula is C15H21NO3. The number of methoxy groups -OCH3 is 2. The van der Waals surface area contributed by atoms with E-state index in [-0.39, 0.29) is 12.6 Å². The van der Waals surface area contributed by atoms with Crippen molar-refractivity contribution in [1.29, 1.82) is 0 Å². The van der Waals surface area contributed by atoms with Crippen molar-refractivity contribution in [3.8, 4) is 0 Å². The number of benzene rings is 1. The van der Waals surface area contributed by atoms with Crippen molar-refractivity contribution in [3.05, 3.63) is 35.9 Å². The van der Waals surface area contributed by atoms with Crippen LogP contribution in [-0.2, 0) is 19.8 Å². The van der Waals surface area contributed by atoms with E-state index < -0.39 is 5.54 Å². The minimum absolute atomic E-state index is 0.260. The lowest BCUT2D eigenvalue weighted by molar-refractivity contribution is -0.151. The Bertz CT molecular complexity index is 417. The lowest BCUT2D eigenvalue weighted by Gasteiger charge is -2.32. The van der Waals surface area contributed by atoms with Crippen LogP contribution in [0, 0.1) is 5.92 Å². The van der Waals surface area contributed by atoms with Gasteiger partial charge in [-0.1, -0.05) is 30.3 Å². The zero-order chi connectivity index (χ0) is 13.7. The van der Waals surface area contributed by atoms with Gasteiger partial charge in [0, 0.05) is 7.11 Å². The largest absolute Gasteiger partial charge is 0.467 e. The van der Waals surface area contributed by atoms with Crippen LogP contribution in [0.1, 0.15) is 18.4 Å². The molecule has 19 heavy (non-hydrogen) atoms. The number of ether oxygens (including phenoxy) is 2. The molecule has 1 N–H and O–H groups in total. The van der Waals surface area contributed by atoms with Gasteiger partial charge in [0.1, 0.15) is 0 Å². The first-order valence-electron chi connectivity index (χ1n) is 6.61. The Morgan fingerprint density at radius 2 is 2.00 bits per heavy atom. The summed E-state index contributed by atoms with van der Waals surface area (Å²) in [5.74, 6) is 0.366. The third-order valence-electron chi connectivity index (χ3n) is 3.55. The second kappa shape index (κ2) is 6.17. The summed E-state index contributed by atoms with van der Waals surface area (Å²) in [6.45, 7) is 1.07. The Morgan fingerprint density at radius 1 is 1.32 bits per heavy atom. The molecule has 0 aliphatic heterocycles. The lowest BCUT2D eigenvalue weighted by atomic mass is 9.90. The summed E-state index contributed by atoms with van der Waals surface area (Å²) in [5.41, 5.74) is -0.0303. The Morgan fingerprint density at radius 3 is 2.53 bits per heavy atom. The number of carbonyl (C=O) groups is 1. The highest BCUT2D eigenvalue weighted by atomic mass is 16.5. The van der Waals surface area contributed by atoms with Crippen molar-refractivity contribution in [2.75, 3.05) is 27.4 Å². The highest BCUT2D eigenvalue weighted by Crippen LogP contribution is 2.30. The van der Waals surface area contributed by atoms with Crippen molar-refractivity contribution in [1.82, 2.24) is 5.32 Å². The minimum Gasteiger partial charge on any atom is -0.467 e. The van der Waals surface area contributed by atoms with Crippen LogP contribution in [0.4, 0.5) is 0 Å². The van der Waals surface area contributed by atoms with Gasteiger partial charge in [0.2, 0.25) is 0 Å². The third-order valence-corrected chi connectivity index (χ3v) is 3.55. The Balaban J connectivity index is 2.28. The molecule has 2 rings (SSSR count). The topological polar surface area (TPSA) is 47.6 Å². The second-order valence-corrected chi connectivity index (χ2v) is 5.02. The fourth-order valence-electron chi connectivity index (χ4n) is 2.24. The van der Waals surface area contributed by atoms with Gasteiger partial charge in [0.25, 0.3) is 0 Å². The summed E-state index contributed by atoms with van der Waals surface area (Å²) >= 11 is 0. The van der Waals surface area contributed by atoms with Crippen LogP contribution in [0.2, 0.25) is 0 Å². The number of hydrogen-bond acceptors (Lipinski definition) is 4. The molecule has 0 saturated heterocycles. The molecule has 1 aromatic carbocycles. The molecule has 4 heteroatoms. The van der Waals surface area contributed by atoms with Crippen LogP contribution < -0.4 is 5.32 Å². The summed E-state index contributed by atoms with van der Waals surface area (Å²) in [6, 6.07) is 9.62. The van der Waals surface area contributed by atoms with Crippen LogP contribution >= 0.6 is 0 Å². The molecule has 0 aromatic heterocycles. The minimum atomic E-state index is -0.909. The highest BCUT2D eigenvalue weighted by molar-refractivity contribution is 5.82. The number of carbonyl (C=O) groups excluding carboxylic acids is 1. The summed E-state index contributed by atoms with van der Waals surface area (Å²) in [5, 5.41) is 3.36. The van der Waals surface area contributed by atoms with Gasteiger partial charge < -0.3 is 9.47 Å². The van der Waals surface area contributed by atoms with Crippen molar-refractivity contribution in [2.24, 2.45) is 5.92 Å². The van der Waals surface area contributed by atoms with E-state index in [2.05, 4.69) is 5.32 Å². The second-order valence-electron chi connectivity index (χ2n) is 5.02. The van der Waals surface area contributed by atoms with Crippen molar-refractivity contribution < 1.29 is 14.3 Å². The predicted molar refractivity (Wildman–Crippen MR) is 72.7 cm³/mol. The molecule has 0 bridgehead atoms. The normalized spacial score (nSPS) is 17.8. The quantitative estimate of drug-likeness (QED) is 0.761. The summed E-state index contributed by atoms with van der Waals surface area (Å²) in [4.78, 5) is 12.3. The van der Waals surface area contributed by atoms with Gasteiger partial charge >= 0.3 is 5.97 Å². The molecule has 1 aromatic rings. The Hall–Kier alpha value is -1.39. The maximum atomic E-state index is 12.3. The summed E-state index contributed by atoms with van der Waals surface area (Å²) < 4.78 is 10.3. The SMILES string of the molecule is COCC(NCC1CC1)(C(=O)OC)c1ccccc1.